The van der Waals surface area contributed by atoms with Crippen LogP contribution in [-0.4, -0.2) is 38.9 Å². The highest BCUT2D eigenvalue weighted by Crippen LogP contribution is 2.36. The number of benzene rings is 2. The fourth-order valence-corrected chi connectivity index (χ4v) is 4.96. The summed E-state index contributed by atoms with van der Waals surface area (Å²) in [5, 5.41) is 9.43. The van der Waals surface area contributed by atoms with Crippen molar-refractivity contribution in [2.75, 3.05) is 7.11 Å². The summed E-state index contributed by atoms with van der Waals surface area (Å²) < 4.78 is 7.50. The minimum Gasteiger partial charge on any atom is -0.497 e. The van der Waals surface area contributed by atoms with Crippen LogP contribution in [-0.2, 0) is 4.79 Å². The number of halogens is 1. The number of hydrogen-bond acceptors (Lipinski definition) is 6. The molecule has 2 atom stereocenters. The lowest BCUT2D eigenvalue weighted by Crippen LogP contribution is -2.46. The molecule has 180 valence electrons. The van der Waals surface area contributed by atoms with E-state index < -0.39 is 11.6 Å². The maximum Gasteiger partial charge on any atom is 0.162 e. The van der Waals surface area contributed by atoms with Gasteiger partial charge in [-0.15, -0.1) is 10.2 Å². The van der Waals surface area contributed by atoms with E-state index in [2.05, 4.69) is 10.2 Å². The number of aryl methyl sites for hydroxylation is 1. The molecule has 0 fully saturated rings. The average Bonchev–Trinajstić information content (AvgIpc) is 3.02. The lowest BCUT2D eigenvalue weighted by Gasteiger charge is -2.25. The van der Waals surface area contributed by atoms with Gasteiger partial charge in [-0.05, 0) is 56.5 Å². The number of rotatable bonds is 5. The van der Waals surface area contributed by atoms with Gasteiger partial charge < -0.3 is 10.5 Å². The zero-order chi connectivity index (χ0) is 24.6. The van der Waals surface area contributed by atoms with Crippen molar-refractivity contribution in [3.63, 3.8) is 0 Å². The highest BCUT2D eigenvalue weighted by atomic mass is 35.5. The summed E-state index contributed by atoms with van der Waals surface area (Å²) in [6.45, 7) is 1.90. The number of aromatic nitrogens is 3. The van der Waals surface area contributed by atoms with Gasteiger partial charge in [0.25, 0.3) is 0 Å². The molecule has 7 nitrogen and oxygen atoms in total. The van der Waals surface area contributed by atoms with Gasteiger partial charge in [0.05, 0.1) is 24.0 Å². The predicted molar refractivity (Wildman–Crippen MR) is 137 cm³/mol. The molecule has 1 aliphatic carbocycles. The Morgan fingerprint density at radius 3 is 2.77 bits per heavy atom. The largest absolute Gasteiger partial charge is 0.497 e. The third-order valence-electron chi connectivity index (χ3n) is 6.77. The van der Waals surface area contributed by atoms with Crippen LogP contribution in [0.3, 0.4) is 0 Å². The molecular formula is C27H28ClN5O2. The maximum absolute atomic E-state index is 13.6. The number of hydrogen-bond donors (Lipinski definition) is 1. The van der Waals surface area contributed by atoms with E-state index in [9.17, 15) is 4.79 Å². The Labute approximate surface area is 209 Å². The highest BCUT2D eigenvalue weighted by Gasteiger charge is 2.36. The molecule has 1 aliphatic heterocycles. The average molecular weight is 490 g/mol. The lowest BCUT2D eigenvalue weighted by atomic mass is 9.86. The summed E-state index contributed by atoms with van der Waals surface area (Å²) in [6.07, 6.45) is 7.55. The number of aliphatic imine (C=N–C) groups is 1. The molecule has 2 aliphatic rings. The normalized spacial score (nSPS) is 21.4. The summed E-state index contributed by atoms with van der Waals surface area (Å²) in [6, 6.07) is 12.8. The Morgan fingerprint density at radius 2 is 2.00 bits per heavy atom. The first-order valence-electron chi connectivity index (χ1n) is 11.8. The van der Waals surface area contributed by atoms with Gasteiger partial charge in [-0.3, -0.25) is 14.4 Å². The molecule has 2 aromatic carbocycles. The van der Waals surface area contributed by atoms with E-state index in [0.717, 1.165) is 41.8 Å². The van der Waals surface area contributed by atoms with Gasteiger partial charge in [0.1, 0.15) is 17.6 Å². The Hall–Kier alpha value is -3.29. The number of ether oxygens (including phenoxy) is 1. The second-order valence-electron chi connectivity index (χ2n) is 9.14. The van der Waals surface area contributed by atoms with Crippen LogP contribution in [0.2, 0.25) is 5.02 Å². The molecule has 5 rings (SSSR count). The minimum atomic E-state index is -0.991. The monoisotopic (exact) mass is 489 g/mol. The van der Waals surface area contributed by atoms with Crippen molar-refractivity contribution in [3.05, 3.63) is 82.4 Å². The first kappa shape index (κ1) is 23.5. The summed E-state index contributed by atoms with van der Waals surface area (Å²) in [7, 11) is 1.63. The van der Waals surface area contributed by atoms with Crippen LogP contribution >= 0.6 is 11.6 Å². The third-order valence-corrected chi connectivity index (χ3v) is 7.03. The summed E-state index contributed by atoms with van der Waals surface area (Å²) in [5.74, 6) is 1.99. The summed E-state index contributed by atoms with van der Waals surface area (Å²) >= 11 is 6.17. The van der Waals surface area contributed by atoms with Gasteiger partial charge in [-0.2, -0.15) is 0 Å². The van der Waals surface area contributed by atoms with Gasteiger partial charge in [0.15, 0.2) is 11.6 Å². The van der Waals surface area contributed by atoms with Crippen molar-refractivity contribution in [1.29, 1.82) is 0 Å². The van der Waals surface area contributed by atoms with Gasteiger partial charge in [0, 0.05) is 22.6 Å². The number of carbonyl (C=O) groups excluding carboxylic acids is 1. The molecule has 0 radical (unpaired) electrons. The van der Waals surface area contributed by atoms with E-state index in [0.29, 0.717) is 28.8 Å². The van der Waals surface area contributed by atoms with Crippen LogP contribution in [0.5, 0.6) is 5.75 Å². The number of carbonyl (C=O) groups is 1. The summed E-state index contributed by atoms with van der Waals surface area (Å²) in [5.41, 5.74) is 8.98. The van der Waals surface area contributed by atoms with Crippen molar-refractivity contribution in [1.82, 2.24) is 14.8 Å². The molecule has 2 heterocycles. The summed E-state index contributed by atoms with van der Waals surface area (Å²) in [4.78, 5) is 18.7. The number of methoxy groups -OCH3 is 1. The van der Waals surface area contributed by atoms with Crippen LogP contribution < -0.4 is 10.5 Å². The van der Waals surface area contributed by atoms with E-state index in [4.69, 9.17) is 27.1 Å². The van der Waals surface area contributed by atoms with Gasteiger partial charge in [-0.25, -0.2) is 0 Å². The molecule has 0 spiro atoms. The van der Waals surface area contributed by atoms with Crippen molar-refractivity contribution < 1.29 is 9.53 Å². The minimum absolute atomic E-state index is 0.0457. The second-order valence-corrected chi connectivity index (χ2v) is 9.58. The topological polar surface area (TPSA) is 95.4 Å². The smallest absolute Gasteiger partial charge is 0.162 e. The molecule has 0 saturated carbocycles. The van der Waals surface area contributed by atoms with Gasteiger partial charge in [0.2, 0.25) is 0 Å². The molecule has 1 aromatic heterocycles. The number of nitrogens with zero attached hydrogens (tertiary/aromatic N) is 4. The number of ketones is 1. The molecule has 2 N–H and O–H groups in total. The van der Waals surface area contributed by atoms with Crippen LogP contribution in [0.25, 0.3) is 5.69 Å². The molecule has 0 amide bonds. The van der Waals surface area contributed by atoms with Crippen molar-refractivity contribution in [2.24, 2.45) is 10.7 Å². The van der Waals surface area contributed by atoms with E-state index in [1.165, 1.54) is 0 Å². The number of Topliss-reactive ketones (excluding diaryl/α,β-unsaturated/α-hetero) is 1. The van der Waals surface area contributed by atoms with E-state index >= 15 is 0 Å². The fraction of sp³-hybridized carbons (Fsp3) is 0.333. The quantitative estimate of drug-likeness (QED) is 0.513. The Balaban J connectivity index is 1.67. The molecule has 1 unspecified atom stereocenters. The van der Waals surface area contributed by atoms with Gasteiger partial charge in [-0.1, -0.05) is 42.3 Å². The molecule has 35 heavy (non-hydrogen) atoms. The number of allylic oxidation sites excluding steroid dienone is 1. The van der Waals surface area contributed by atoms with E-state index in [-0.39, 0.29) is 12.2 Å². The lowest BCUT2D eigenvalue weighted by molar-refractivity contribution is -0.123. The molecule has 8 heteroatoms. The predicted octanol–water partition coefficient (Wildman–Crippen LogP) is 4.92. The molecule has 0 bridgehead atoms. The number of nitrogens with two attached hydrogens (primary N) is 1. The van der Waals surface area contributed by atoms with Gasteiger partial charge >= 0.3 is 0 Å². The van der Waals surface area contributed by atoms with Crippen molar-refractivity contribution >= 4 is 23.1 Å². The first-order chi connectivity index (χ1) is 16.9. The van der Waals surface area contributed by atoms with E-state index in [1.807, 2.05) is 66.1 Å². The SMILES string of the molecule is COc1ccc2c(c1)C(c1ccc(Cl)cc1)=N[C@@H](CC(=O)C1(N)C=CCCCC1)c1nnc(C)n1-2. The standard InChI is InChI=1S/C27H28ClN5O2/c1-17-31-32-26-22(16-24(34)27(29)13-5-3-4-6-14-27)30-25(18-7-9-19(28)10-8-18)21-15-20(35-2)11-12-23(21)33(17)26/h5,7-13,15,22H,3-4,6,14,16,29H2,1-2H3/t22-,27?/m0/s1. The molecule has 0 saturated heterocycles. The first-order valence-corrected chi connectivity index (χ1v) is 12.2. The van der Waals surface area contributed by atoms with Crippen LogP contribution in [0.15, 0.2) is 59.6 Å². The second kappa shape index (κ2) is 9.40. The highest BCUT2D eigenvalue weighted by molar-refractivity contribution is 6.30. The maximum atomic E-state index is 13.6. The fourth-order valence-electron chi connectivity index (χ4n) is 4.83. The van der Waals surface area contributed by atoms with Crippen molar-refractivity contribution in [2.45, 2.75) is 50.6 Å². The third kappa shape index (κ3) is 4.42. The van der Waals surface area contributed by atoms with Crippen LogP contribution in [0.1, 0.15) is 60.9 Å². The van der Waals surface area contributed by atoms with E-state index in [1.54, 1.807) is 7.11 Å². The van der Waals surface area contributed by atoms with Crippen LogP contribution in [0, 0.1) is 6.92 Å². The van der Waals surface area contributed by atoms with Crippen molar-refractivity contribution in [3.8, 4) is 11.4 Å². The number of fused-ring (bicyclic) bond motifs is 3. The Bertz CT molecular complexity index is 1330. The van der Waals surface area contributed by atoms with Crippen LogP contribution in [0.4, 0.5) is 0 Å². The molecule has 3 aromatic rings. The zero-order valence-electron chi connectivity index (χ0n) is 19.9. The molecular weight excluding hydrogens is 462 g/mol. The Kier molecular flexibility index (Phi) is 6.30. The Morgan fingerprint density at radius 1 is 1.20 bits per heavy atom. The zero-order valence-corrected chi connectivity index (χ0v) is 20.6.